The molecule has 0 saturated heterocycles. The highest BCUT2D eigenvalue weighted by Crippen LogP contribution is 2.12. The minimum atomic E-state index is -1.29. The Hall–Kier alpha value is -2.61. The Morgan fingerprint density at radius 2 is 1.81 bits per heavy atom. The number of aliphatic carboxylic acids is 2. The van der Waals surface area contributed by atoms with Crippen molar-refractivity contribution >= 4 is 23.7 Å². The van der Waals surface area contributed by atoms with Gasteiger partial charge < -0.3 is 25.2 Å². The summed E-state index contributed by atoms with van der Waals surface area (Å²) in [5.41, 5.74) is 1.24. The van der Waals surface area contributed by atoms with Gasteiger partial charge in [0.15, 0.2) is 0 Å². The Kier molecular flexibility index (Phi) is 6.15. The molecule has 0 aliphatic carbocycles. The fourth-order valence-electron chi connectivity index (χ4n) is 1.63. The number of anilines is 1. The van der Waals surface area contributed by atoms with Crippen LogP contribution in [0.4, 0.5) is 10.5 Å². The van der Waals surface area contributed by atoms with E-state index in [2.05, 4.69) is 5.32 Å². The number of carboxylic acids is 2. The van der Waals surface area contributed by atoms with Gasteiger partial charge in [0, 0.05) is 12.8 Å². The number of nitrogens with one attached hydrogen (secondary N) is 1. The number of nitrogens with zero attached hydrogens (tertiary/aromatic N) is 1. The minimum absolute atomic E-state index is 0.359. The van der Waals surface area contributed by atoms with Crippen molar-refractivity contribution in [3.05, 3.63) is 29.8 Å². The highest BCUT2D eigenvalue weighted by molar-refractivity contribution is 5.93. The molecule has 0 bridgehead atoms. The van der Waals surface area contributed by atoms with Gasteiger partial charge in [0.2, 0.25) is 0 Å². The van der Waals surface area contributed by atoms with Gasteiger partial charge in [-0.25, -0.2) is 4.79 Å². The molecular weight excluding hydrogens is 280 g/mol. The summed E-state index contributed by atoms with van der Waals surface area (Å²) >= 11 is 0. The van der Waals surface area contributed by atoms with Crippen LogP contribution in [0.5, 0.6) is 0 Å². The second-order valence-corrected chi connectivity index (χ2v) is 4.21. The molecule has 0 unspecified atom stereocenters. The summed E-state index contributed by atoms with van der Waals surface area (Å²) in [6.07, 6.45) is 0. The highest BCUT2D eigenvalue weighted by atomic mass is 16.5. The predicted octanol–water partition coefficient (Wildman–Crippen LogP) is 0.836. The number of ether oxygens (including phenoxy) is 1. The molecule has 0 aliphatic heterocycles. The summed E-state index contributed by atoms with van der Waals surface area (Å²) in [6.45, 7) is -1.04. The Bertz CT molecular complexity index is 515. The lowest BCUT2D eigenvalue weighted by molar-refractivity contribution is -0.140. The van der Waals surface area contributed by atoms with Gasteiger partial charge in [0.25, 0.3) is 0 Å². The zero-order valence-corrected chi connectivity index (χ0v) is 11.4. The van der Waals surface area contributed by atoms with Gasteiger partial charge in [-0.15, -0.1) is 0 Å². The zero-order chi connectivity index (χ0) is 15.8. The first-order valence-electron chi connectivity index (χ1n) is 5.99. The molecule has 1 rings (SSSR count). The van der Waals surface area contributed by atoms with Crippen molar-refractivity contribution in [1.29, 1.82) is 0 Å². The van der Waals surface area contributed by atoms with Gasteiger partial charge in [0.1, 0.15) is 13.1 Å². The van der Waals surface area contributed by atoms with Gasteiger partial charge in [-0.2, -0.15) is 0 Å². The molecule has 0 heterocycles. The smallest absolute Gasteiger partial charge is 0.323 e. The van der Waals surface area contributed by atoms with Crippen LogP contribution in [0.2, 0.25) is 0 Å². The molecule has 8 nitrogen and oxygen atoms in total. The van der Waals surface area contributed by atoms with Gasteiger partial charge in [-0.3, -0.25) is 9.59 Å². The number of amides is 2. The molecule has 2 amide bonds. The van der Waals surface area contributed by atoms with Crippen LogP contribution >= 0.6 is 0 Å². The van der Waals surface area contributed by atoms with E-state index in [1.54, 1.807) is 24.3 Å². The quantitative estimate of drug-likeness (QED) is 0.686. The topological polar surface area (TPSA) is 116 Å². The van der Waals surface area contributed by atoms with Crippen LogP contribution in [-0.4, -0.2) is 53.3 Å². The predicted molar refractivity (Wildman–Crippen MR) is 73.0 cm³/mol. The highest BCUT2D eigenvalue weighted by Gasteiger charge is 2.19. The number of carbonyl (C=O) groups excluding carboxylic acids is 1. The second kappa shape index (κ2) is 7.85. The first kappa shape index (κ1) is 16.4. The lowest BCUT2D eigenvalue weighted by Gasteiger charge is -2.19. The van der Waals surface area contributed by atoms with Crippen LogP contribution < -0.4 is 5.32 Å². The third-order valence-electron chi connectivity index (χ3n) is 2.43. The maximum Gasteiger partial charge on any atom is 0.323 e. The molecule has 114 valence electrons. The molecule has 1 aromatic carbocycles. The van der Waals surface area contributed by atoms with Gasteiger partial charge in [-0.1, -0.05) is 12.1 Å². The van der Waals surface area contributed by atoms with Gasteiger partial charge in [-0.05, 0) is 17.7 Å². The Labute approximate surface area is 120 Å². The molecule has 0 atom stereocenters. The number of carbonyl (C=O) groups is 3. The number of hydrogen-bond acceptors (Lipinski definition) is 4. The van der Waals surface area contributed by atoms with Crippen molar-refractivity contribution in [3.63, 3.8) is 0 Å². The fraction of sp³-hybridized carbons (Fsp3) is 0.308. The fourth-order valence-corrected chi connectivity index (χ4v) is 1.63. The molecule has 0 fully saturated rings. The Balaban J connectivity index is 2.77. The van der Waals surface area contributed by atoms with Crippen molar-refractivity contribution in [1.82, 2.24) is 4.90 Å². The molecule has 0 aromatic heterocycles. The van der Waals surface area contributed by atoms with Crippen molar-refractivity contribution < 1.29 is 29.3 Å². The first-order valence-corrected chi connectivity index (χ1v) is 5.99. The molecule has 3 N–H and O–H groups in total. The number of benzene rings is 1. The summed E-state index contributed by atoms with van der Waals surface area (Å²) in [5, 5.41) is 19.8. The third kappa shape index (κ3) is 5.91. The summed E-state index contributed by atoms with van der Waals surface area (Å²) in [6, 6.07) is 5.96. The van der Waals surface area contributed by atoms with Crippen molar-refractivity contribution in [2.75, 3.05) is 25.5 Å². The summed E-state index contributed by atoms with van der Waals surface area (Å²) in [5.74, 6) is -2.58. The molecule has 21 heavy (non-hydrogen) atoms. The van der Waals surface area contributed by atoms with Crippen molar-refractivity contribution in [2.45, 2.75) is 6.61 Å². The monoisotopic (exact) mass is 296 g/mol. The van der Waals surface area contributed by atoms with E-state index in [9.17, 15) is 14.4 Å². The van der Waals surface area contributed by atoms with Crippen LogP contribution in [0.25, 0.3) is 0 Å². The molecule has 0 radical (unpaired) electrons. The first-order chi connectivity index (χ1) is 9.92. The van der Waals surface area contributed by atoms with Crippen LogP contribution in [0.3, 0.4) is 0 Å². The maximum atomic E-state index is 11.9. The zero-order valence-electron chi connectivity index (χ0n) is 11.4. The van der Waals surface area contributed by atoms with E-state index in [0.29, 0.717) is 17.2 Å². The standard InChI is InChI=1S/C13H16N2O6/c1-21-8-9-3-2-4-10(5-9)14-13(20)15(6-11(16)17)7-12(18)19/h2-5H,6-8H2,1H3,(H,14,20)(H,16,17)(H,18,19). The molecular formula is C13H16N2O6. The Morgan fingerprint density at radius 1 is 1.19 bits per heavy atom. The number of carboxylic acid groups (broad SMARTS) is 2. The number of methoxy groups -OCH3 is 1. The SMILES string of the molecule is COCc1cccc(NC(=O)N(CC(=O)O)CC(=O)O)c1. The van der Waals surface area contributed by atoms with Gasteiger partial charge >= 0.3 is 18.0 Å². The van der Waals surface area contributed by atoms with E-state index in [4.69, 9.17) is 14.9 Å². The van der Waals surface area contributed by atoms with E-state index in [-0.39, 0.29) is 0 Å². The third-order valence-corrected chi connectivity index (χ3v) is 2.43. The molecule has 1 aromatic rings. The average Bonchev–Trinajstić information content (AvgIpc) is 2.37. The second-order valence-electron chi connectivity index (χ2n) is 4.21. The number of hydrogen-bond donors (Lipinski definition) is 3. The van der Waals surface area contributed by atoms with E-state index in [1.807, 2.05) is 0 Å². The molecule has 0 aliphatic rings. The lowest BCUT2D eigenvalue weighted by atomic mass is 10.2. The van der Waals surface area contributed by atoms with E-state index in [0.717, 1.165) is 5.56 Å². The van der Waals surface area contributed by atoms with Crippen LogP contribution in [0.15, 0.2) is 24.3 Å². The molecule has 8 heteroatoms. The number of urea groups is 1. The number of rotatable bonds is 7. The van der Waals surface area contributed by atoms with Crippen LogP contribution in [0, 0.1) is 0 Å². The lowest BCUT2D eigenvalue weighted by Crippen LogP contribution is -2.41. The molecule has 0 saturated carbocycles. The summed E-state index contributed by atoms with van der Waals surface area (Å²) in [7, 11) is 1.53. The van der Waals surface area contributed by atoms with Gasteiger partial charge in [0.05, 0.1) is 6.61 Å². The minimum Gasteiger partial charge on any atom is -0.480 e. The van der Waals surface area contributed by atoms with E-state index < -0.39 is 31.1 Å². The maximum absolute atomic E-state index is 11.9. The van der Waals surface area contributed by atoms with E-state index >= 15 is 0 Å². The Morgan fingerprint density at radius 3 is 2.33 bits per heavy atom. The normalized spacial score (nSPS) is 9.95. The van der Waals surface area contributed by atoms with Crippen molar-refractivity contribution in [3.8, 4) is 0 Å². The summed E-state index contributed by atoms with van der Waals surface area (Å²) < 4.78 is 4.96. The van der Waals surface area contributed by atoms with Crippen LogP contribution in [-0.2, 0) is 20.9 Å². The molecule has 0 spiro atoms. The summed E-state index contributed by atoms with van der Waals surface area (Å²) in [4.78, 5) is 33.9. The largest absolute Gasteiger partial charge is 0.480 e. The van der Waals surface area contributed by atoms with E-state index in [1.165, 1.54) is 7.11 Å². The average molecular weight is 296 g/mol. The van der Waals surface area contributed by atoms with Crippen LogP contribution in [0.1, 0.15) is 5.56 Å². The van der Waals surface area contributed by atoms with Crippen molar-refractivity contribution in [2.24, 2.45) is 0 Å².